The summed E-state index contributed by atoms with van der Waals surface area (Å²) in [5, 5.41) is 8.60. The maximum Gasteiger partial charge on any atom is 0.341 e. The third kappa shape index (κ3) is 9.19. The van der Waals surface area contributed by atoms with Crippen molar-refractivity contribution in [1.29, 1.82) is 0 Å². The van der Waals surface area contributed by atoms with Crippen molar-refractivity contribution in [2.24, 2.45) is 5.92 Å². The van der Waals surface area contributed by atoms with E-state index in [2.05, 4.69) is 22.9 Å². The van der Waals surface area contributed by atoms with E-state index < -0.39 is 23.0 Å². The predicted octanol–water partition coefficient (Wildman–Crippen LogP) is 7.60. The fourth-order valence-corrected chi connectivity index (χ4v) is 8.03. The van der Waals surface area contributed by atoms with Gasteiger partial charge in [-0.25, -0.2) is 4.79 Å². The lowest BCUT2D eigenvalue weighted by atomic mass is 9.88. The number of hydrogen-bond donors (Lipinski definition) is 3. The Hall–Kier alpha value is -5.07. The van der Waals surface area contributed by atoms with Crippen molar-refractivity contribution in [2.45, 2.75) is 50.2 Å². The number of nitrogens with one attached hydrogen (secondary N) is 3. The highest BCUT2D eigenvalue weighted by molar-refractivity contribution is 8.00. The van der Waals surface area contributed by atoms with Crippen molar-refractivity contribution in [1.82, 2.24) is 5.32 Å². The Morgan fingerprint density at radius 2 is 1.75 bits per heavy atom. The van der Waals surface area contributed by atoms with E-state index in [1.807, 2.05) is 6.07 Å². The number of ether oxygens (including phenoxy) is 3. The van der Waals surface area contributed by atoms with E-state index in [0.717, 1.165) is 34.6 Å². The van der Waals surface area contributed by atoms with Crippen LogP contribution in [-0.2, 0) is 27.2 Å². The number of rotatable bonds is 13. The second-order valence-corrected chi connectivity index (χ2v) is 14.5. The molecule has 0 fully saturated rings. The zero-order valence-corrected chi connectivity index (χ0v) is 30.8. The first kappa shape index (κ1) is 37.2. The van der Waals surface area contributed by atoms with Gasteiger partial charge in [0.15, 0.2) is 11.5 Å². The van der Waals surface area contributed by atoms with Gasteiger partial charge in [-0.3, -0.25) is 14.4 Å². The molecule has 1 aliphatic rings. The van der Waals surface area contributed by atoms with Crippen molar-refractivity contribution < 1.29 is 33.4 Å². The number of fused-ring (bicyclic) bond motifs is 1. The lowest BCUT2D eigenvalue weighted by molar-refractivity contribution is -0.115. The Morgan fingerprint density at radius 1 is 0.980 bits per heavy atom. The largest absolute Gasteiger partial charge is 0.493 e. The van der Waals surface area contributed by atoms with Gasteiger partial charge in [-0.15, -0.1) is 23.1 Å². The molecule has 1 aliphatic carbocycles. The van der Waals surface area contributed by atoms with Crippen molar-refractivity contribution >= 4 is 63.6 Å². The first-order valence-electron chi connectivity index (χ1n) is 16.6. The molecule has 5 rings (SSSR count). The van der Waals surface area contributed by atoms with Crippen LogP contribution in [0.15, 0.2) is 83.4 Å². The third-order valence-corrected chi connectivity index (χ3v) is 10.5. The fraction of sp³-hybridized carbons (Fsp3) is 0.282. The van der Waals surface area contributed by atoms with E-state index >= 15 is 0 Å². The molecule has 0 radical (unpaired) electrons. The molecular weight excluding hydrogens is 687 g/mol. The first-order chi connectivity index (χ1) is 24.6. The van der Waals surface area contributed by atoms with Crippen LogP contribution in [0.5, 0.6) is 11.5 Å². The number of methoxy groups -OCH3 is 2. The summed E-state index contributed by atoms with van der Waals surface area (Å²) in [6.07, 6.45) is 4.15. The summed E-state index contributed by atoms with van der Waals surface area (Å²) in [4.78, 5) is 55.2. The van der Waals surface area contributed by atoms with Crippen LogP contribution < -0.4 is 25.4 Å². The number of thiophene rings is 1. The summed E-state index contributed by atoms with van der Waals surface area (Å²) in [6, 6.07) is 20.9. The van der Waals surface area contributed by atoms with Gasteiger partial charge >= 0.3 is 5.97 Å². The molecule has 1 heterocycles. The summed E-state index contributed by atoms with van der Waals surface area (Å²) in [7, 11) is 3.01. The third-order valence-electron chi connectivity index (χ3n) is 8.26. The topological polar surface area (TPSA) is 132 Å². The van der Waals surface area contributed by atoms with Gasteiger partial charge in [-0.05, 0) is 87.1 Å². The van der Waals surface area contributed by atoms with Gasteiger partial charge in [0.2, 0.25) is 5.91 Å². The first-order valence-corrected chi connectivity index (χ1v) is 18.3. The standard InChI is InChI=1S/C39H41N3O7S2/c1-6-49-39(46)33-29-19-18-23(2)20-32(29)51-38(33)42-35(43)24(3)50-28-16-11-15-27(22-28)40-37(45)30(41-36(44)25-12-8-7-9-13-25)21-26-14-10-17-31(47-4)34(26)48-5/h7-17,21-24H,6,18-20H2,1-5H3,(H,40,45)(H,41,44)(H,42,43)/b30-21+. The molecule has 12 heteroatoms. The van der Waals surface area contributed by atoms with E-state index in [1.165, 1.54) is 43.4 Å². The summed E-state index contributed by atoms with van der Waals surface area (Å²) in [6.45, 7) is 5.99. The molecular formula is C39H41N3O7S2. The van der Waals surface area contributed by atoms with E-state index in [9.17, 15) is 19.2 Å². The van der Waals surface area contributed by atoms with Crippen LogP contribution in [0, 0.1) is 5.92 Å². The van der Waals surface area contributed by atoms with Crippen molar-refractivity contribution in [3.05, 3.63) is 106 Å². The molecule has 3 aromatic carbocycles. The van der Waals surface area contributed by atoms with Crippen LogP contribution in [0.2, 0.25) is 0 Å². The minimum Gasteiger partial charge on any atom is -0.493 e. The number of para-hydroxylation sites is 1. The zero-order valence-electron chi connectivity index (χ0n) is 29.2. The number of esters is 1. The molecule has 3 N–H and O–H groups in total. The molecule has 0 aliphatic heterocycles. The van der Waals surface area contributed by atoms with Gasteiger partial charge in [0.1, 0.15) is 10.7 Å². The molecule has 0 spiro atoms. The van der Waals surface area contributed by atoms with Crippen LogP contribution in [0.4, 0.5) is 10.7 Å². The number of carbonyl (C=O) groups is 4. The quantitative estimate of drug-likeness (QED) is 0.0729. The van der Waals surface area contributed by atoms with E-state index in [0.29, 0.717) is 44.8 Å². The number of benzene rings is 3. The molecule has 10 nitrogen and oxygen atoms in total. The number of carbonyl (C=O) groups excluding carboxylic acids is 4. The molecule has 0 saturated carbocycles. The Labute approximate surface area is 306 Å². The fourth-order valence-electron chi connectivity index (χ4n) is 5.70. The van der Waals surface area contributed by atoms with Gasteiger partial charge in [0.05, 0.1) is 31.6 Å². The van der Waals surface area contributed by atoms with Gasteiger partial charge in [-0.1, -0.05) is 43.3 Å². The Balaban J connectivity index is 1.33. The van der Waals surface area contributed by atoms with Crippen molar-refractivity contribution in [3.8, 4) is 11.5 Å². The Kier molecular flexibility index (Phi) is 12.6. The maximum absolute atomic E-state index is 13.7. The van der Waals surface area contributed by atoms with E-state index in [-0.39, 0.29) is 18.2 Å². The van der Waals surface area contributed by atoms with Crippen LogP contribution in [0.1, 0.15) is 63.9 Å². The molecule has 266 valence electrons. The highest BCUT2D eigenvalue weighted by Crippen LogP contribution is 2.40. The maximum atomic E-state index is 13.7. The summed E-state index contributed by atoms with van der Waals surface area (Å²) in [5.74, 6) is -0.331. The average molecular weight is 728 g/mol. The van der Waals surface area contributed by atoms with Crippen LogP contribution in [0.25, 0.3) is 6.08 Å². The highest BCUT2D eigenvalue weighted by atomic mass is 32.2. The normalized spacial score (nSPS) is 14.5. The summed E-state index contributed by atoms with van der Waals surface area (Å²) < 4.78 is 16.3. The van der Waals surface area contributed by atoms with Gasteiger partial charge in [0.25, 0.3) is 11.8 Å². The number of anilines is 2. The molecule has 2 atom stereocenters. The van der Waals surface area contributed by atoms with Gasteiger partial charge < -0.3 is 30.2 Å². The van der Waals surface area contributed by atoms with Crippen LogP contribution >= 0.6 is 23.1 Å². The van der Waals surface area contributed by atoms with E-state index in [1.54, 1.807) is 80.6 Å². The van der Waals surface area contributed by atoms with Crippen LogP contribution in [0.3, 0.4) is 0 Å². The predicted molar refractivity (Wildman–Crippen MR) is 202 cm³/mol. The second kappa shape index (κ2) is 17.2. The number of amides is 3. The Morgan fingerprint density at radius 3 is 2.47 bits per heavy atom. The van der Waals surface area contributed by atoms with Gasteiger partial charge in [0, 0.05) is 26.6 Å². The zero-order chi connectivity index (χ0) is 36.5. The molecule has 51 heavy (non-hydrogen) atoms. The smallest absolute Gasteiger partial charge is 0.341 e. The van der Waals surface area contributed by atoms with Crippen molar-refractivity contribution in [3.63, 3.8) is 0 Å². The van der Waals surface area contributed by atoms with E-state index in [4.69, 9.17) is 14.2 Å². The molecule has 0 bridgehead atoms. The second-order valence-electron chi connectivity index (χ2n) is 12.0. The minimum absolute atomic E-state index is 0.0216. The molecule has 0 saturated heterocycles. The average Bonchev–Trinajstić information content (AvgIpc) is 3.48. The molecule has 3 amide bonds. The van der Waals surface area contributed by atoms with Crippen molar-refractivity contribution in [2.75, 3.05) is 31.5 Å². The SMILES string of the molecule is CCOC(=O)c1c(NC(=O)C(C)Sc2cccc(NC(=O)/C(=C\c3cccc(OC)c3OC)NC(=O)c3ccccc3)c2)sc2c1CCC(C)C2. The summed E-state index contributed by atoms with van der Waals surface area (Å²) >= 11 is 2.76. The molecule has 2 unspecified atom stereocenters. The highest BCUT2D eigenvalue weighted by Gasteiger charge is 2.30. The monoisotopic (exact) mass is 727 g/mol. The van der Waals surface area contributed by atoms with Gasteiger partial charge in [-0.2, -0.15) is 0 Å². The molecule has 4 aromatic rings. The Bertz CT molecular complexity index is 1940. The minimum atomic E-state index is -0.570. The lowest BCUT2D eigenvalue weighted by Crippen LogP contribution is -2.30. The summed E-state index contributed by atoms with van der Waals surface area (Å²) in [5.41, 5.74) is 2.78. The van der Waals surface area contributed by atoms with Crippen LogP contribution in [-0.4, -0.2) is 49.8 Å². The molecule has 1 aromatic heterocycles. The number of hydrogen-bond acceptors (Lipinski definition) is 9. The number of thioether (sulfide) groups is 1. The lowest BCUT2D eigenvalue weighted by Gasteiger charge is -2.18.